The van der Waals surface area contributed by atoms with E-state index in [9.17, 15) is 13.2 Å². The minimum Gasteiger partial charge on any atom is -0.351 e. The van der Waals surface area contributed by atoms with Crippen molar-refractivity contribution in [3.63, 3.8) is 0 Å². The van der Waals surface area contributed by atoms with Gasteiger partial charge in [0.05, 0.1) is 12.2 Å². The standard InChI is InChI=1S/C32H35F3O5/c1-20-10-15-27-21(2)28(37-29-31(27)26(20)16-17-30(3,38-29)39-40-31)36-18-5-4-7-22-11-13-23(14-12-22)24-8-6-9-25(19-24)32(33,34)35/h6,8-9,11-14,19-21,26-29H,5,10,15-18H2,1-3H3/t20-,21-,26+,27+,28+,29-,30-,31-/m1/s1. The summed E-state index contributed by atoms with van der Waals surface area (Å²) in [7, 11) is 0. The normalized spacial score (nSPS) is 36.8. The molecule has 1 spiro atoms. The van der Waals surface area contributed by atoms with Gasteiger partial charge in [-0.05, 0) is 73.4 Å². The summed E-state index contributed by atoms with van der Waals surface area (Å²) >= 11 is 0. The maximum absolute atomic E-state index is 13.0. The third-order valence-electron chi connectivity index (χ3n) is 9.25. The van der Waals surface area contributed by atoms with Gasteiger partial charge in [-0.25, -0.2) is 9.78 Å². The van der Waals surface area contributed by atoms with Gasteiger partial charge in [0.15, 0.2) is 18.2 Å². The Morgan fingerprint density at radius 3 is 2.55 bits per heavy atom. The minimum atomic E-state index is -4.37. The fourth-order valence-corrected chi connectivity index (χ4v) is 7.07. The molecule has 4 heterocycles. The molecular weight excluding hydrogens is 521 g/mol. The van der Waals surface area contributed by atoms with E-state index in [-0.39, 0.29) is 11.8 Å². The van der Waals surface area contributed by atoms with E-state index in [1.165, 1.54) is 6.07 Å². The van der Waals surface area contributed by atoms with Crippen LogP contribution in [0.15, 0.2) is 48.5 Å². The average Bonchev–Trinajstić information content (AvgIpc) is 3.17. The van der Waals surface area contributed by atoms with E-state index >= 15 is 0 Å². The van der Waals surface area contributed by atoms with E-state index in [1.807, 2.05) is 19.1 Å². The van der Waals surface area contributed by atoms with Crippen molar-refractivity contribution < 1.29 is 37.2 Å². The molecule has 2 aromatic rings. The van der Waals surface area contributed by atoms with Crippen molar-refractivity contribution in [1.82, 2.24) is 0 Å². The summed E-state index contributed by atoms with van der Waals surface area (Å²) < 4.78 is 58.2. The van der Waals surface area contributed by atoms with Crippen molar-refractivity contribution in [3.05, 3.63) is 59.7 Å². The highest BCUT2D eigenvalue weighted by Crippen LogP contribution is 2.60. The van der Waals surface area contributed by atoms with Crippen molar-refractivity contribution in [2.24, 2.45) is 23.7 Å². The van der Waals surface area contributed by atoms with Crippen LogP contribution in [0.4, 0.5) is 13.2 Å². The number of hydrogen-bond acceptors (Lipinski definition) is 5. The van der Waals surface area contributed by atoms with Crippen molar-refractivity contribution in [1.29, 1.82) is 0 Å². The summed E-state index contributed by atoms with van der Waals surface area (Å²) in [5.74, 6) is 6.58. The number of rotatable bonds is 4. The van der Waals surface area contributed by atoms with Crippen LogP contribution in [0.25, 0.3) is 11.1 Å². The Morgan fingerprint density at radius 2 is 1.77 bits per heavy atom. The maximum atomic E-state index is 13.0. The van der Waals surface area contributed by atoms with Gasteiger partial charge in [-0.15, -0.1) is 0 Å². The number of ether oxygens (including phenoxy) is 3. The van der Waals surface area contributed by atoms with Gasteiger partial charge < -0.3 is 14.2 Å². The molecule has 2 bridgehead atoms. The Hall–Kier alpha value is -2.41. The predicted molar refractivity (Wildman–Crippen MR) is 141 cm³/mol. The molecule has 1 aliphatic carbocycles. The lowest BCUT2D eigenvalue weighted by Crippen LogP contribution is -2.70. The topological polar surface area (TPSA) is 46.2 Å². The number of benzene rings is 2. The SMILES string of the molecule is C[C@H]1[C@@H](OCCC#Cc2ccc(-c3cccc(C(F)(F)F)c3)cc2)O[C@@H]2O[C@@]3(C)CC[C@H]4[C@H](C)CC[C@@H]1[C@@]24OO3. The molecule has 8 heteroatoms. The average molecular weight is 557 g/mol. The number of alkyl halides is 3. The summed E-state index contributed by atoms with van der Waals surface area (Å²) in [6.45, 7) is 6.77. The molecular formula is C32H35F3O5. The van der Waals surface area contributed by atoms with Crippen LogP contribution in [0.3, 0.4) is 0 Å². The lowest BCUT2D eigenvalue weighted by molar-refractivity contribution is -0.577. The molecule has 0 N–H and O–H groups in total. The Morgan fingerprint density at radius 1 is 0.975 bits per heavy atom. The van der Waals surface area contributed by atoms with E-state index in [0.29, 0.717) is 36.0 Å². The number of halogens is 3. The quantitative estimate of drug-likeness (QED) is 0.224. The molecule has 2 aromatic carbocycles. The second-order valence-corrected chi connectivity index (χ2v) is 11.9. The predicted octanol–water partition coefficient (Wildman–Crippen LogP) is 7.34. The Labute approximate surface area is 233 Å². The molecule has 5 nitrogen and oxygen atoms in total. The van der Waals surface area contributed by atoms with Crippen molar-refractivity contribution >= 4 is 0 Å². The molecule has 5 fully saturated rings. The third-order valence-corrected chi connectivity index (χ3v) is 9.25. The summed E-state index contributed by atoms with van der Waals surface area (Å²) in [6, 6.07) is 12.5. The first-order valence-corrected chi connectivity index (χ1v) is 14.2. The van der Waals surface area contributed by atoms with E-state index in [4.69, 9.17) is 24.0 Å². The zero-order chi connectivity index (χ0) is 28.1. The smallest absolute Gasteiger partial charge is 0.351 e. The molecule has 4 saturated heterocycles. The largest absolute Gasteiger partial charge is 0.416 e. The van der Waals surface area contributed by atoms with Crippen molar-refractivity contribution in [3.8, 4) is 23.0 Å². The molecule has 0 radical (unpaired) electrons. The second-order valence-electron chi connectivity index (χ2n) is 11.9. The van der Waals surface area contributed by atoms with Crippen molar-refractivity contribution in [2.45, 2.75) is 83.0 Å². The fourth-order valence-electron chi connectivity index (χ4n) is 7.07. The zero-order valence-electron chi connectivity index (χ0n) is 23.0. The van der Waals surface area contributed by atoms with Crippen LogP contribution >= 0.6 is 0 Å². The molecule has 1 saturated carbocycles. The van der Waals surface area contributed by atoms with Crippen LogP contribution < -0.4 is 0 Å². The van der Waals surface area contributed by atoms with Crippen LogP contribution in [0.2, 0.25) is 0 Å². The van der Waals surface area contributed by atoms with Crippen LogP contribution in [-0.2, 0) is 30.2 Å². The van der Waals surface area contributed by atoms with E-state index in [2.05, 4.69) is 25.7 Å². The number of hydrogen-bond donors (Lipinski definition) is 0. The van der Waals surface area contributed by atoms with Crippen LogP contribution in [0.5, 0.6) is 0 Å². The molecule has 8 atom stereocenters. The Balaban J connectivity index is 1.07. The fraction of sp³-hybridized carbons (Fsp3) is 0.562. The van der Waals surface area contributed by atoms with Crippen LogP contribution in [0.1, 0.15) is 64.0 Å². The molecule has 0 amide bonds. The monoisotopic (exact) mass is 556 g/mol. The number of fused-ring (bicyclic) bond motifs is 2. The molecule has 7 rings (SSSR count). The van der Waals surface area contributed by atoms with Gasteiger partial charge in [-0.2, -0.15) is 13.2 Å². The van der Waals surface area contributed by atoms with Gasteiger partial charge in [0.2, 0.25) is 5.79 Å². The molecule has 40 heavy (non-hydrogen) atoms. The van der Waals surface area contributed by atoms with E-state index < -0.39 is 35.7 Å². The van der Waals surface area contributed by atoms with Gasteiger partial charge in [0.25, 0.3) is 0 Å². The summed E-state index contributed by atoms with van der Waals surface area (Å²) in [5, 5.41) is 0. The lowest BCUT2D eigenvalue weighted by atomic mass is 9.58. The molecule has 0 aromatic heterocycles. The highest BCUT2D eigenvalue weighted by Gasteiger charge is 2.69. The summed E-state index contributed by atoms with van der Waals surface area (Å²) in [6.07, 6.45) is -0.901. The molecule has 214 valence electrons. The first-order chi connectivity index (χ1) is 19.1. The van der Waals surface area contributed by atoms with Gasteiger partial charge in [-0.1, -0.05) is 50.0 Å². The van der Waals surface area contributed by atoms with Crippen LogP contribution in [-0.4, -0.2) is 30.6 Å². The highest BCUT2D eigenvalue weighted by atomic mass is 19.4. The molecule has 5 aliphatic rings. The lowest BCUT2D eigenvalue weighted by Gasteiger charge is -2.60. The van der Waals surface area contributed by atoms with Gasteiger partial charge >= 0.3 is 6.18 Å². The summed E-state index contributed by atoms with van der Waals surface area (Å²) in [4.78, 5) is 12.0. The zero-order valence-corrected chi connectivity index (χ0v) is 23.0. The van der Waals surface area contributed by atoms with E-state index in [0.717, 1.165) is 43.4 Å². The summed E-state index contributed by atoms with van der Waals surface area (Å²) in [5.41, 5.74) is 0.745. The highest BCUT2D eigenvalue weighted by molar-refractivity contribution is 5.65. The molecule has 0 unspecified atom stereocenters. The van der Waals surface area contributed by atoms with Crippen LogP contribution in [0, 0.1) is 35.5 Å². The van der Waals surface area contributed by atoms with Gasteiger partial charge in [0.1, 0.15) is 0 Å². The van der Waals surface area contributed by atoms with Gasteiger partial charge in [-0.3, -0.25) is 0 Å². The Kier molecular flexibility index (Phi) is 7.25. The van der Waals surface area contributed by atoms with Gasteiger partial charge in [0, 0.05) is 30.2 Å². The van der Waals surface area contributed by atoms with Crippen molar-refractivity contribution in [2.75, 3.05) is 6.61 Å². The first-order valence-electron chi connectivity index (χ1n) is 14.2. The minimum absolute atomic E-state index is 0.109. The molecule has 4 aliphatic heterocycles. The Bertz CT molecular complexity index is 1280. The third kappa shape index (κ3) is 4.97. The second kappa shape index (κ2) is 10.5. The maximum Gasteiger partial charge on any atom is 0.416 e. The van der Waals surface area contributed by atoms with E-state index in [1.54, 1.807) is 18.2 Å². The first kappa shape index (κ1) is 27.7.